The Morgan fingerprint density at radius 2 is 1.29 bits per heavy atom. The number of rotatable bonds is 4. The molecule has 8 nitrogen and oxygen atoms in total. The van der Waals surface area contributed by atoms with Crippen molar-refractivity contribution in [1.82, 2.24) is 19.9 Å². The van der Waals surface area contributed by atoms with Gasteiger partial charge in [-0.1, -0.05) is 6.08 Å². The Hall–Kier alpha value is -0.580. The van der Waals surface area contributed by atoms with Gasteiger partial charge < -0.3 is 19.9 Å². The molecule has 3 saturated heterocycles. The molecule has 4 aliphatic rings. The highest BCUT2D eigenvalue weighted by Gasteiger charge is 2.51. The third kappa shape index (κ3) is 6.03. The van der Waals surface area contributed by atoms with E-state index in [1.807, 2.05) is 13.8 Å². The van der Waals surface area contributed by atoms with E-state index in [2.05, 4.69) is 57.4 Å². The molecule has 198 valence electrons. The van der Waals surface area contributed by atoms with E-state index in [1.54, 1.807) is 5.06 Å². The van der Waals surface area contributed by atoms with E-state index in [4.69, 9.17) is 9.47 Å². The summed E-state index contributed by atoms with van der Waals surface area (Å²) in [4.78, 5) is 4.86. The summed E-state index contributed by atoms with van der Waals surface area (Å²) in [5.74, 6) is 0.514. The van der Waals surface area contributed by atoms with Gasteiger partial charge in [-0.3, -0.25) is 9.80 Å². The van der Waals surface area contributed by atoms with E-state index in [9.17, 15) is 10.4 Å². The molecule has 0 radical (unpaired) electrons. The molecule has 0 bridgehead atoms. The minimum atomic E-state index is -0.276. The predicted molar refractivity (Wildman–Crippen MR) is 134 cm³/mol. The molecular formula is C26H50N4O4. The van der Waals surface area contributed by atoms with Crippen LogP contribution in [0.25, 0.3) is 0 Å². The van der Waals surface area contributed by atoms with Gasteiger partial charge in [0.15, 0.2) is 0 Å². The van der Waals surface area contributed by atoms with Gasteiger partial charge in [0.25, 0.3) is 0 Å². The van der Waals surface area contributed by atoms with Crippen LogP contribution in [-0.2, 0) is 9.47 Å². The van der Waals surface area contributed by atoms with Crippen LogP contribution in [0.1, 0.15) is 61.8 Å². The highest BCUT2D eigenvalue weighted by atomic mass is 16.5. The largest absolute Gasteiger partial charge is 0.379 e. The van der Waals surface area contributed by atoms with Gasteiger partial charge in [0.05, 0.1) is 37.5 Å². The maximum atomic E-state index is 10.3. The molecule has 8 heteroatoms. The van der Waals surface area contributed by atoms with E-state index in [0.717, 1.165) is 72.1 Å². The van der Waals surface area contributed by atoms with Gasteiger partial charge in [0.1, 0.15) is 0 Å². The van der Waals surface area contributed by atoms with Gasteiger partial charge in [-0.2, -0.15) is 10.1 Å². The molecule has 3 fully saturated rings. The molecule has 0 amide bonds. The van der Waals surface area contributed by atoms with Crippen molar-refractivity contribution < 1.29 is 19.9 Å². The number of hydrogen-bond donors (Lipinski definition) is 2. The van der Waals surface area contributed by atoms with Gasteiger partial charge in [-0.15, -0.1) is 0 Å². The van der Waals surface area contributed by atoms with E-state index in [-0.39, 0.29) is 22.2 Å². The number of nitrogens with zero attached hydrogens (tertiary/aromatic N) is 4. The lowest BCUT2D eigenvalue weighted by atomic mass is 9.86. The van der Waals surface area contributed by atoms with Crippen molar-refractivity contribution in [2.24, 2.45) is 5.92 Å². The van der Waals surface area contributed by atoms with Crippen LogP contribution in [0, 0.1) is 5.92 Å². The SMILES string of the molecule is CC1(C)C=C(CN2CCOCC2)C(C)(C)N1O.CC1(C)CC(CN2CCOCC2)C(C)(C)N1O. The molecule has 0 spiro atoms. The summed E-state index contributed by atoms with van der Waals surface area (Å²) in [7, 11) is 0. The summed E-state index contributed by atoms with van der Waals surface area (Å²) in [6, 6.07) is 0. The molecule has 0 aromatic heterocycles. The van der Waals surface area contributed by atoms with E-state index >= 15 is 0 Å². The normalized spacial score (nSPS) is 31.7. The summed E-state index contributed by atoms with van der Waals surface area (Å²) >= 11 is 0. The van der Waals surface area contributed by atoms with Crippen LogP contribution >= 0.6 is 0 Å². The van der Waals surface area contributed by atoms with Crippen molar-refractivity contribution in [3.05, 3.63) is 11.6 Å². The Morgan fingerprint density at radius 1 is 0.794 bits per heavy atom. The fraction of sp³-hybridized carbons (Fsp3) is 0.923. The van der Waals surface area contributed by atoms with Gasteiger partial charge in [-0.25, -0.2) is 0 Å². The van der Waals surface area contributed by atoms with Crippen molar-refractivity contribution >= 4 is 0 Å². The van der Waals surface area contributed by atoms with Crippen molar-refractivity contribution in [3.63, 3.8) is 0 Å². The minimum Gasteiger partial charge on any atom is -0.379 e. The summed E-state index contributed by atoms with van der Waals surface area (Å²) in [5, 5.41) is 23.5. The van der Waals surface area contributed by atoms with Gasteiger partial charge in [0, 0.05) is 50.3 Å². The first-order chi connectivity index (χ1) is 15.7. The van der Waals surface area contributed by atoms with Crippen LogP contribution in [0.5, 0.6) is 0 Å². The molecule has 1 unspecified atom stereocenters. The highest BCUT2D eigenvalue weighted by Crippen LogP contribution is 2.43. The van der Waals surface area contributed by atoms with Gasteiger partial charge in [0.2, 0.25) is 0 Å². The topological polar surface area (TPSA) is 71.9 Å². The summed E-state index contributed by atoms with van der Waals surface area (Å²) in [6.07, 6.45) is 3.25. The Balaban J connectivity index is 0.000000191. The first-order valence-electron chi connectivity index (χ1n) is 13.0. The lowest BCUT2D eigenvalue weighted by Crippen LogP contribution is -2.49. The summed E-state index contributed by atoms with van der Waals surface area (Å²) in [5.41, 5.74) is 0.502. The van der Waals surface area contributed by atoms with Crippen LogP contribution in [0.2, 0.25) is 0 Å². The number of morpholine rings is 2. The molecule has 4 heterocycles. The van der Waals surface area contributed by atoms with Crippen molar-refractivity contribution in [2.45, 2.75) is 84.0 Å². The fourth-order valence-electron chi connectivity index (χ4n) is 6.04. The molecule has 0 saturated carbocycles. The Kier molecular flexibility index (Phi) is 8.58. The second kappa shape index (κ2) is 10.4. The van der Waals surface area contributed by atoms with E-state index in [0.29, 0.717) is 5.92 Å². The molecule has 4 aliphatic heterocycles. The van der Waals surface area contributed by atoms with Gasteiger partial charge >= 0.3 is 0 Å². The predicted octanol–water partition coefficient (Wildman–Crippen LogP) is 3.09. The average molecular weight is 483 g/mol. The monoisotopic (exact) mass is 482 g/mol. The lowest BCUT2D eigenvalue weighted by molar-refractivity contribution is -0.197. The zero-order valence-electron chi connectivity index (χ0n) is 22.9. The third-order valence-corrected chi connectivity index (χ3v) is 8.33. The van der Waals surface area contributed by atoms with Crippen molar-refractivity contribution in [1.29, 1.82) is 0 Å². The Bertz CT molecular complexity index is 710. The molecule has 0 aromatic rings. The fourth-order valence-corrected chi connectivity index (χ4v) is 6.04. The molecule has 34 heavy (non-hydrogen) atoms. The Labute approximate surface area is 207 Å². The maximum absolute atomic E-state index is 10.3. The molecule has 0 aromatic carbocycles. The second-order valence-corrected chi connectivity index (χ2v) is 12.7. The van der Waals surface area contributed by atoms with Crippen LogP contribution in [0.15, 0.2) is 11.6 Å². The van der Waals surface area contributed by atoms with Crippen LogP contribution in [0.4, 0.5) is 0 Å². The quantitative estimate of drug-likeness (QED) is 0.593. The van der Waals surface area contributed by atoms with Crippen LogP contribution < -0.4 is 0 Å². The first-order valence-corrected chi connectivity index (χ1v) is 13.0. The van der Waals surface area contributed by atoms with E-state index < -0.39 is 0 Å². The number of ether oxygens (including phenoxy) is 2. The molecular weight excluding hydrogens is 432 g/mol. The molecule has 2 N–H and O–H groups in total. The zero-order chi connectivity index (χ0) is 25.4. The average Bonchev–Trinajstić information content (AvgIpc) is 3.03. The lowest BCUT2D eigenvalue weighted by Gasteiger charge is -2.38. The standard InChI is InChI=1S/C13H26N2O2.C13H24N2O2/c2*1-12(2)9-11(13(3,4)15(12)16)10-14-5-7-17-8-6-14/h11,16H,5-10H2,1-4H3;9,16H,5-8,10H2,1-4H3. The molecule has 0 aliphatic carbocycles. The third-order valence-electron chi connectivity index (χ3n) is 8.33. The van der Waals surface area contributed by atoms with E-state index in [1.165, 1.54) is 10.6 Å². The van der Waals surface area contributed by atoms with Crippen LogP contribution in [-0.4, -0.2) is 118 Å². The summed E-state index contributed by atoms with van der Waals surface area (Å²) < 4.78 is 10.7. The highest BCUT2D eigenvalue weighted by molar-refractivity contribution is 5.30. The summed E-state index contributed by atoms with van der Waals surface area (Å²) in [6.45, 7) is 26.1. The Morgan fingerprint density at radius 3 is 1.71 bits per heavy atom. The van der Waals surface area contributed by atoms with Crippen LogP contribution in [0.3, 0.4) is 0 Å². The zero-order valence-corrected chi connectivity index (χ0v) is 22.9. The molecule has 4 rings (SSSR count). The van der Waals surface area contributed by atoms with Crippen molar-refractivity contribution in [3.8, 4) is 0 Å². The molecule has 1 atom stereocenters. The number of hydroxylamine groups is 4. The van der Waals surface area contributed by atoms with Crippen molar-refractivity contribution in [2.75, 3.05) is 65.7 Å². The van der Waals surface area contributed by atoms with Gasteiger partial charge in [-0.05, 0) is 73.3 Å². The number of hydrogen-bond acceptors (Lipinski definition) is 8. The minimum absolute atomic E-state index is 0.111. The first kappa shape index (κ1) is 28.0. The second-order valence-electron chi connectivity index (χ2n) is 12.7. The smallest absolute Gasteiger partial charge is 0.0635 e. The maximum Gasteiger partial charge on any atom is 0.0635 e.